The number of hydrogen-bond acceptors (Lipinski definition) is 3. The first kappa shape index (κ1) is 23.0. The van der Waals surface area contributed by atoms with Crippen LogP contribution in [0.1, 0.15) is 44.2 Å². The minimum Gasteiger partial charge on any atom is -0.354 e. The lowest BCUT2D eigenvalue weighted by Gasteiger charge is -2.30. The molecule has 2 aromatic carbocycles. The van der Waals surface area contributed by atoms with Crippen LogP contribution in [0.5, 0.6) is 0 Å². The van der Waals surface area contributed by atoms with Gasteiger partial charge in [-0.2, -0.15) is 0 Å². The first-order valence-electron chi connectivity index (χ1n) is 10.4. The highest BCUT2D eigenvalue weighted by atomic mass is 32.2. The zero-order valence-corrected chi connectivity index (χ0v) is 18.5. The monoisotopic (exact) mass is 412 g/mol. The number of benzene rings is 2. The van der Waals surface area contributed by atoms with Gasteiger partial charge in [0.2, 0.25) is 11.8 Å². The average Bonchev–Trinajstić information content (AvgIpc) is 2.74. The summed E-state index contributed by atoms with van der Waals surface area (Å²) >= 11 is 1.67. The Balaban J connectivity index is 2.06. The molecule has 29 heavy (non-hydrogen) atoms. The largest absolute Gasteiger partial charge is 0.354 e. The minimum absolute atomic E-state index is 0.0203. The second-order valence-corrected chi connectivity index (χ2v) is 8.30. The van der Waals surface area contributed by atoms with Crippen LogP contribution in [0.25, 0.3) is 0 Å². The van der Waals surface area contributed by atoms with E-state index in [9.17, 15) is 9.59 Å². The molecule has 0 aliphatic heterocycles. The van der Waals surface area contributed by atoms with E-state index in [4.69, 9.17) is 0 Å². The van der Waals surface area contributed by atoms with Gasteiger partial charge in [0.05, 0.1) is 0 Å². The van der Waals surface area contributed by atoms with Crippen molar-refractivity contribution >= 4 is 23.6 Å². The summed E-state index contributed by atoms with van der Waals surface area (Å²) in [6.07, 6.45) is 1.88. The van der Waals surface area contributed by atoms with E-state index in [-0.39, 0.29) is 11.8 Å². The smallest absolute Gasteiger partial charge is 0.242 e. The fourth-order valence-electron chi connectivity index (χ4n) is 3.10. The fourth-order valence-corrected chi connectivity index (χ4v) is 3.94. The van der Waals surface area contributed by atoms with E-state index in [1.54, 1.807) is 16.7 Å². The van der Waals surface area contributed by atoms with Crippen molar-refractivity contribution in [2.45, 2.75) is 57.5 Å². The summed E-state index contributed by atoms with van der Waals surface area (Å²) < 4.78 is 0. The molecule has 0 spiro atoms. The van der Waals surface area contributed by atoms with Gasteiger partial charge in [0.1, 0.15) is 6.04 Å². The third-order valence-corrected chi connectivity index (χ3v) is 5.75. The number of hydrogen-bond donors (Lipinski definition) is 1. The lowest BCUT2D eigenvalue weighted by molar-refractivity contribution is -0.141. The number of aryl methyl sites for hydroxylation is 1. The molecule has 0 fully saturated rings. The van der Waals surface area contributed by atoms with Crippen LogP contribution in [0.4, 0.5) is 0 Å². The lowest BCUT2D eigenvalue weighted by atomic mass is 10.1. The van der Waals surface area contributed by atoms with Crippen LogP contribution in [0.2, 0.25) is 0 Å². The predicted molar refractivity (Wildman–Crippen MR) is 121 cm³/mol. The average molecular weight is 413 g/mol. The van der Waals surface area contributed by atoms with E-state index in [1.165, 1.54) is 5.56 Å². The maximum absolute atomic E-state index is 13.1. The summed E-state index contributed by atoms with van der Waals surface area (Å²) in [6.45, 7) is 7.13. The van der Waals surface area contributed by atoms with Crippen LogP contribution >= 0.6 is 11.8 Å². The van der Waals surface area contributed by atoms with Gasteiger partial charge >= 0.3 is 0 Å². The van der Waals surface area contributed by atoms with Crippen LogP contribution < -0.4 is 5.32 Å². The van der Waals surface area contributed by atoms with Crippen molar-refractivity contribution in [2.24, 2.45) is 0 Å². The van der Waals surface area contributed by atoms with Gasteiger partial charge in [-0.05, 0) is 37.5 Å². The van der Waals surface area contributed by atoms with Gasteiger partial charge in [0.15, 0.2) is 0 Å². The van der Waals surface area contributed by atoms with Gasteiger partial charge in [0.25, 0.3) is 0 Å². The molecular weight excluding hydrogens is 380 g/mol. The summed E-state index contributed by atoms with van der Waals surface area (Å²) in [7, 11) is 0. The number of amides is 2. The summed E-state index contributed by atoms with van der Waals surface area (Å²) in [6, 6.07) is 17.8. The molecule has 2 rings (SSSR count). The zero-order chi connectivity index (χ0) is 21.1. The van der Waals surface area contributed by atoms with Gasteiger partial charge in [-0.3, -0.25) is 9.59 Å². The fraction of sp³-hybridized carbons (Fsp3) is 0.417. The van der Waals surface area contributed by atoms with E-state index in [0.29, 0.717) is 31.7 Å². The highest BCUT2D eigenvalue weighted by molar-refractivity contribution is 7.99. The van der Waals surface area contributed by atoms with Gasteiger partial charge < -0.3 is 10.2 Å². The van der Waals surface area contributed by atoms with Crippen LogP contribution in [0, 0.1) is 6.92 Å². The maximum Gasteiger partial charge on any atom is 0.242 e. The van der Waals surface area contributed by atoms with Crippen molar-refractivity contribution in [3.8, 4) is 0 Å². The Morgan fingerprint density at radius 1 is 1.03 bits per heavy atom. The summed E-state index contributed by atoms with van der Waals surface area (Å²) in [4.78, 5) is 28.7. The Labute approximate surface area is 179 Å². The molecular formula is C24H32N2O2S. The Morgan fingerprint density at radius 2 is 1.72 bits per heavy atom. The van der Waals surface area contributed by atoms with Crippen molar-refractivity contribution in [1.29, 1.82) is 0 Å². The zero-order valence-electron chi connectivity index (χ0n) is 17.7. The second-order valence-electron chi connectivity index (χ2n) is 7.13. The first-order chi connectivity index (χ1) is 14.0. The van der Waals surface area contributed by atoms with Crippen LogP contribution in [0.15, 0.2) is 59.5 Å². The molecule has 5 heteroatoms. The van der Waals surface area contributed by atoms with E-state index >= 15 is 0 Å². The Morgan fingerprint density at radius 3 is 2.34 bits per heavy atom. The number of nitrogens with one attached hydrogen (secondary N) is 1. The number of carbonyl (C=O) groups excluding carboxylic acids is 2. The lowest BCUT2D eigenvalue weighted by Crippen LogP contribution is -2.49. The van der Waals surface area contributed by atoms with Gasteiger partial charge in [-0.25, -0.2) is 0 Å². The van der Waals surface area contributed by atoms with E-state index < -0.39 is 6.04 Å². The first-order valence-corrected chi connectivity index (χ1v) is 11.3. The number of carbonyl (C=O) groups is 2. The Bertz CT molecular complexity index is 762. The Hall–Kier alpha value is -2.27. The summed E-state index contributed by atoms with van der Waals surface area (Å²) in [5, 5.41) is 2.95. The number of rotatable bonds is 11. The molecule has 4 nitrogen and oxygen atoms in total. The topological polar surface area (TPSA) is 49.4 Å². The highest BCUT2D eigenvalue weighted by Crippen LogP contribution is 2.21. The summed E-state index contributed by atoms with van der Waals surface area (Å²) in [5.74, 6) is 0.650. The van der Waals surface area contributed by atoms with Gasteiger partial charge in [-0.15, -0.1) is 11.8 Å². The van der Waals surface area contributed by atoms with Crippen molar-refractivity contribution in [3.63, 3.8) is 0 Å². The molecule has 156 valence electrons. The molecule has 0 bridgehead atoms. The SMILES string of the molecule is CCCNC(=O)[C@H](CC)N(Cc1ccccc1)C(=O)CCSc1ccc(C)cc1. The molecule has 1 N–H and O–H groups in total. The second kappa shape index (κ2) is 12.3. The molecule has 0 heterocycles. The predicted octanol–water partition coefficient (Wildman–Crippen LogP) is 4.81. The van der Waals surface area contributed by atoms with Crippen molar-refractivity contribution < 1.29 is 9.59 Å². The third kappa shape index (κ3) is 7.58. The molecule has 0 aliphatic carbocycles. The molecule has 0 saturated heterocycles. The van der Waals surface area contributed by atoms with Crippen LogP contribution in [-0.4, -0.2) is 35.1 Å². The third-order valence-electron chi connectivity index (χ3n) is 4.74. The van der Waals surface area contributed by atoms with Crippen LogP contribution in [-0.2, 0) is 16.1 Å². The molecule has 2 aromatic rings. The van der Waals surface area contributed by atoms with E-state index in [0.717, 1.165) is 16.9 Å². The highest BCUT2D eigenvalue weighted by Gasteiger charge is 2.28. The van der Waals surface area contributed by atoms with Gasteiger partial charge in [-0.1, -0.05) is 61.9 Å². The van der Waals surface area contributed by atoms with Gasteiger partial charge in [0, 0.05) is 30.2 Å². The molecule has 0 aromatic heterocycles. The van der Waals surface area contributed by atoms with Crippen molar-refractivity contribution in [3.05, 3.63) is 65.7 Å². The Kier molecular flexibility index (Phi) is 9.78. The molecule has 0 saturated carbocycles. The standard InChI is InChI=1S/C24H32N2O2S/c1-4-16-25-24(28)22(5-2)26(18-20-9-7-6-8-10-20)23(27)15-17-29-21-13-11-19(3)12-14-21/h6-14,22H,4-5,15-18H2,1-3H3,(H,25,28)/t22-/m0/s1. The number of nitrogens with zero attached hydrogens (tertiary/aromatic N) is 1. The van der Waals surface area contributed by atoms with Crippen LogP contribution in [0.3, 0.4) is 0 Å². The van der Waals surface area contributed by atoms with E-state index in [1.807, 2.05) is 44.2 Å². The molecule has 1 atom stereocenters. The maximum atomic E-state index is 13.1. The molecule has 0 radical (unpaired) electrons. The van der Waals surface area contributed by atoms with Crippen molar-refractivity contribution in [2.75, 3.05) is 12.3 Å². The quantitative estimate of drug-likeness (QED) is 0.539. The van der Waals surface area contributed by atoms with Crippen molar-refractivity contribution in [1.82, 2.24) is 10.2 Å². The molecule has 0 unspecified atom stereocenters. The molecule has 0 aliphatic rings. The normalized spacial score (nSPS) is 11.7. The number of thioether (sulfide) groups is 1. The van der Waals surface area contributed by atoms with E-state index in [2.05, 4.69) is 36.5 Å². The molecule has 2 amide bonds. The summed E-state index contributed by atoms with van der Waals surface area (Å²) in [5.41, 5.74) is 2.26. The minimum atomic E-state index is -0.446.